The van der Waals surface area contributed by atoms with Crippen LogP contribution in [0, 0.1) is 0 Å². The van der Waals surface area contributed by atoms with Crippen LogP contribution in [0.4, 0.5) is 11.4 Å². The minimum atomic E-state index is -1.09. The summed E-state index contributed by atoms with van der Waals surface area (Å²) in [7, 11) is 1.58. The normalized spacial score (nSPS) is 16.7. The molecular weight excluding hydrogens is 466 g/mol. The zero-order valence-corrected chi connectivity index (χ0v) is 19.7. The summed E-state index contributed by atoms with van der Waals surface area (Å²) in [5.74, 6) is -1.02. The van der Waals surface area contributed by atoms with Crippen molar-refractivity contribution in [1.82, 2.24) is 4.90 Å². The number of nitrogens with one attached hydrogen (secondary N) is 1. The third kappa shape index (κ3) is 6.07. The lowest BCUT2D eigenvalue weighted by molar-refractivity contribution is -0.129. The third-order valence-electron chi connectivity index (χ3n) is 5.29. The number of aromatic carboxylic acids is 1. The van der Waals surface area contributed by atoms with Crippen LogP contribution in [0.3, 0.4) is 0 Å². The van der Waals surface area contributed by atoms with E-state index < -0.39 is 17.1 Å². The van der Waals surface area contributed by atoms with Crippen molar-refractivity contribution >= 4 is 46.1 Å². The van der Waals surface area contributed by atoms with Crippen LogP contribution in [0.2, 0.25) is 0 Å². The van der Waals surface area contributed by atoms with Gasteiger partial charge < -0.3 is 15.2 Å². The van der Waals surface area contributed by atoms with Gasteiger partial charge in [0.25, 0.3) is 0 Å². The Hall–Kier alpha value is -4.11. The van der Waals surface area contributed by atoms with E-state index in [9.17, 15) is 19.5 Å². The molecule has 4 rings (SSSR count). The number of thioether (sulfide) groups is 1. The van der Waals surface area contributed by atoms with Crippen molar-refractivity contribution in [2.75, 3.05) is 12.4 Å². The van der Waals surface area contributed by atoms with Crippen molar-refractivity contribution in [3.8, 4) is 5.75 Å². The van der Waals surface area contributed by atoms with E-state index in [0.29, 0.717) is 28.8 Å². The largest absolute Gasteiger partial charge is 0.497 e. The first-order valence-corrected chi connectivity index (χ1v) is 11.7. The van der Waals surface area contributed by atoms with Crippen molar-refractivity contribution in [1.29, 1.82) is 0 Å². The highest BCUT2D eigenvalue weighted by Gasteiger charge is 2.36. The lowest BCUT2D eigenvalue weighted by Gasteiger charge is -2.32. The molecule has 0 spiro atoms. The van der Waals surface area contributed by atoms with E-state index in [1.54, 1.807) is 48.4 Å². The van der Waals surface area contributed by atoms with Crippen LogP contribution < -0.4 is 10.1 Å². The molecule has 0 saturated carbocycles. The molecule has 0 radical (unpaired) electrons. The van der Waals surface area contributed by atoms with E-state index >= 15 is 0 Å². The summed E-state index contributed by atoms with van der Waals surface area (Å²) in [5, 5.41) is 11.6. The Kier molecular flexibility index (Phi) is 7.47. The topological polar surface area (TPSA) is 108 Å². The Morgan fingerprint density at radius 1 is 1.09 bits per heavy atom. The number of anilines is 1. The molecule has 1 saturated heterocycles. The maximum Gasteiger partial charge on any atom is 0.335 e. The van der Waals surface area contributed by atoms with Gasteiger partial charge in [0.05, 0.1) is 24.9 Å². The molecule has 0 aromatic heterocycles. The second-order valence-corrected chi connectivity index (χ2v) is 8.91. The van der Waals surface area contributed by atoms with Gasteiger partial charge in [0.2, 0.25) is 11.8 Å². The number of amides is 2. The highest BCUT2D eigenvalue weighted by molar-refractivity contribution is 8.15. The van der Waals surface area contributed by atoms with Crippen molar-refractivity contribution in [3.63, 3.8) is 0 Å². The van der Waals surface area contributed by atoms with Gasteiger partial charge in [-0.3, -0.25) is 14.5 Å². The smallest absolute Gasteiger partial charge is 0.335 e. The highest BCUT2D eigenvalue weighted by atomic mass is 32.2. The zero-order chi connectivity index (χ0) is 24.8. The van der Waals surface area contributed by atoms with Crippen molar-refractivity contribution in [2.45, 2.75) is 18.2 Å². The lowest BCUT2D eigenvalue weighted by Crippen LogP contribution is -2.44. The predicted molar refractivity (Wildman–Crippen MR) is 135 cm³/mol. The molecular formula is C26H23N3O5S. The second-order valence-electron chi connectivity index (χ2n) is 7.74. The number of amidine groups is 1. The van der Waals surface area contributed by atoms with Gasteiger partial charge in [0.1, 0.15) is 11.0 Å². The van der Waals surface area contributed by atoms with E-state index in [1.165, 1.54) is 23.9 Å². The summed E-state index contributed by atoms with van der Waals surface area (Å²) in [6.45, 7) is 0.330. The number of hydrogen-bond donors (Lipinski definition) is 2. The summed E-state index contributed by atoms with van der Waals surface area (Å²) in [6.07, 6.45) is -0.0103. The summed E-state index contributed by atoms with van der Waals surface area (Å²) >= 11 is 1.20. The van der Waals surface area contributed by atoms with E-state index in [2.05, 4.69) is 10.3 Å². The Morgan fingerprint density at radius 2 is 1.83 bits per heavy atom. The lowest BCUT2D eigenvalue weighted by atomic mass is 10.1. The minimum absolute atomic E-state index is 0.0103. The number of carboxylic acid groups (broad SMARTS) is 1. The Labute approximate surface area is 206 Å². The van der Waals surface area contributed by atoms with Gasteiger partial charge in [-0.1, -0.05) is 48.2 Å². The first-order valence-electron chi connectivity index (χ1n) is 10.8. The maximum absolute atomic E-state index is 13.2. The van der Waals surface area contributed by atoms with Gasteiger partial charge in [0, 0.05) is 12.1 Å². The molecule has 35 heavy (non-hydrogen) atoms. The van der Waals surface area contributed by atoms with E-state index in [-0.39, 0.29) is 17.9 Å². The van der Waals surface area contributed by atoms with Crippen LogP contribution in [0.5, 0.6) is 5.75 Å². The van der Waals surface area contributed by atoms with Gasteiger partial charge in [-0.25, -0.2) is 9.79 Å². The number of nitrogens with zero attached hydrogens (tertiary/aromatic N) is 2. The fourth-order valence-electron chi connectivity index (χ4n) is 3.48. The zero-order valence-electron chi connectivity index (χ0n) is 18.9. The average Bonchev–Trinajstić information content (AvgIpc) is 2.87. The summed E-state index contributed by atoms with van der Waals surface area (Å²) in [5.41, 5.74) is 1.97. The summed E-state index contributed by atoms with van der Waals surface area (Å²) < 4.78 is 5.20. The van der Waals surface area contributed by atoms with Crippen LogP contribution in [-0.2, 0) is 16.1 Å². The van der Waals surface area contributed by atoms with Crippen LogP contribution in [-0.4, -0.2) is 45.3 Å². The molecule has 1 aliphatic heterocycles. The maximum atomic E-state index is 13.2. The van der Waals surface area contributed by atoms with Crippen molar-refractivity contribution in [2.24, 2.45) is 4.99 Å². The summed E-state index contributed by atoms with van der Waals surface area (Å²) in [4.78, 5) is 43.7. The van der Waals surface area contributed by atoms with Gasteiger partial charge in [-0.2, -0.15) is 0 Å². The Bertz CT molecular complexity index is 1260. The number of methoxy groups -OCH3 is 1. The quantitative estimate of drug-likeness (QED) is 0.504. The third-order valence-corrected chi connectivity index (χ3v) is 6.48. The van der Waals surface area contributed by atoms with Crippen LogP contribution in [0.25, 0.3) is 0 Å². The number of ether oxygens (including phenoxy) is 1. The number of carbonyl (C=O) groups is 3. The predicted octanol–water partition coefficient (Wildman–Crippen LogP) is 4.55. The molecule has 8 nitrogen and oxygen atoms in total. The first kappa shape index (κ1) is 24.0. The number of carbonyl (C=O) groups excluding carboxylic acids is 2. The molecule has 178 valence electrons. The molecule has 1 aliphatic rings. The number of rotatable bonds is 7. The molecule has 9 heteroatoms. The van der Waals surface area contributed by atoms with Crippen LogP contribution in [0.15, 0.2) is 83.9 Å². The van der Waals surface area contributed by atoms with Gasteiger partial charge >= 0.3 is 5.97 Å². The molecule has 2 amide bonds. The fraction of sp³-hybridized carbons (Fsp3) is 0.154. The van der Waals surface area contributed by atoms with E-state index in [4.69, 9.17) is 4.74 Å². The van der Waals surface area contributed by atoms with Crippen LogP contribution >= 0.6 is 11.8 Å². The monoisotopic (exact) mass is 489 g/mol. The molecule has 1 unspecified atom stereocenters. The molecule has 0 aliphatic carbocycles. The second kappa shape index (κ2) is 10.9. The Morgan fingerprint density at radius 3 is 2.51 bits per heavy atom. The highest BCUT2D eigenvalue weighted by Crippen LogP contribution is 2.31. The molecule has 1 atom stereocenters. The average molecular weight is 490 g/mol. The molecule has 1 fully saturated rings. The van der Waals surface area contributed by atoms with Gasteiger partial charge in [-0.05, 0) is 48.0 Å². The number of benzene rings is 3. The minimum Gasteiger partial charge on any atom is -0.497 e. The van der Waals surface area contributed by atoms with Gasteiger partial charge in [-0.15, -0.1) is 0 Å². The molecule has 0 bridgehead atoms. The van der Waals surface area contributed by atoms with Gasteiger partial charge in [0.15, 0.2) is 5.17 Å². The Balaban J connectivity index is 1.59. The standard InChI is InChI=1S/C26H23N3O5S/c1-34-21-12-10-19(11-13-21)28-26-29(16-17-6-3-2-4-7-17)23(30)15-22(35-26)24(31)27-20-9-5-8-18(14-20)25(32)33/h2-14,22H,15-16H2,1H3,(H,27,31)(H,32,33). The van der Waals surface area contributed by atoms with Crippen molar-refractivity contribution < 1.29 is 24.2 Å². The SMILES string of the molecule is COc1ccc(N=C2SC(C(=O)Nc3cccc(C(=O)O)c3)CC(=O)N2Cc2ccccc2)cc1. The van der Waals surface area contributed by atoms with E-state index in [1.807, 2.05) is 30.3 Å². The molecule has 1 heterocycles. The summed E-state index contributed by atoms with van der Waals surface area (Å²) in [6, 6.07) is 22.6. The van der Waals surface area contributed by atoms with Crippen molar-refractivity contribution in [3.05, 3.63) is 90.0 Å². The molecule has 3 aromatic rings. The van der Waals surface area contributed by atoms with E-state index in [0.717, 1.165) is 5.56 Å². The number of carboxylic acids is 1. The molecule has 2 N–H and O–H groups in total. The molecule has 3 aromatic carbocycles. The number of hydrogen-bond acceptors (Lipinski definition) is 6. The van der Waals surface area contributed by atoms with Crippen LogP contribution in [0.1, 0.15) is 22.3 Å². The number of aliphatic imine (C=N–C) groups is 1. The first-order chi connectivity index (χ1) is 16.9. The fourth-order valence-corrected chi connectivity index (χ4v) is 4.58.